The normalized spacial score (nSPS) is 10.6. The molecule has 17 heavy (non-hydrogen) atoms. The Morgan fingerprint density at radius 1 is 1.41 bits per heavy atom. The fraction of sp³-hybridized carbons (Fsp3) is 0.364. The molecule has 0 saturated heterocycles. The van der Waals surface area contributed by atoms with E-state index >= 15 is 0 Å². The van der Waals surface area contributed by atoms with Gasteiger partial charge in [-0.1, -0.05) is 5.16 Å². The van der Waals surface area contributed by atoms with Crippen molar-refractivity contribution >= 4 is 5.82 Å². The molecule has 2 aromatic rings. The van der Waals surface area contributed by atoms with E-state index in [1.165, 1.54) is 0 Å². The largest absolute Gasteiger partial charge is 0.384 e. The van der Waals surface area contributed by atoms with Crippen molar-refractivity contribution in [1.29, 1.82) is 0 Å². The number of nitrogens with two attached hydrogens (primary N) is 1. The second-order valence-corrected chi connectivity index (χ2v) is 3.43. The lowest BCUT2D eigenvalue weighted by Gasteiger charge is -1.95. The van der Waals surface area contributed by atoms with Crippen molar-refractivity contribution < 1.29 is 9.26 Å². The molecule has 0 aliphatic rings. The average Bonchev–Trinajstić information content (AvgIpc) is 2.79. The van der Waals surface area contributed by atoms with E-state index in [0.29, 0.717) is 37.2 Å². The minimum absolute atomic E-state index is 0.448. The van der Waals surface area contributed by atoms with Crippen molar-refractivity contribution in [1.82, 2.24) is 15.1 Å². The fourth-order valence-corrected chi connectivity index (χ4v) is 1.31. The summed E-state index contributed by atoms with van der Waals surface area (Å²) in [6, 6.07) is 3.49. The third-order valence-electron chi connectivity index (χ3n) is 2.18. The Balaban J connectivity index is 2.04. The summed E-state index contributed by atoms with van der Waals surface area (Å²) in [5.74, 6) is 1.54. The van der Waals surface area contributed by atoms with E-state index in [2.05, 4.69) is 15.1 Å². The van der Waals surface area contributed by atoms with Gasteiger partial charge in [-0.3, -0.25) is 0 Å². The van der Waals surface area contributed by atoms with E-state index in [9.17, 15) is 0 Å². The van der Waals surface area contributed by atoms with Gasteiger partial charge in [0.05, 0.1) is 12.2 Å². The Morgan fingerprint density at radius 2 is 2.29 bits per heavy atom. The van der Waals surface area contributed by atoms with Crippen LogP contribution in [-0.2, 0) is 11.2 Å². The molecule has 0 atom stereocenters. The molecule has 0 aliphatic heterocycles. The summed E-state index contributed by atoms with van der Waals surface area (Å²) in [5.41, 5.74) is 6.26. The first-order chi connectivity index (χ1) is 8.29. The molecule has 6 heteroatoms. The van der Waals surface area contributed by atoms with Crippen molar-refractivity contribution in [2.45, 2.75) is 13.3 Å². The maximum Gasteiger partial charge on any atom is 0.259 e. The Hall–Kier alpha value is -1.95. The molecule has 0 fully saturated rings. The van der Waals surface area contributed by atoms with Gasteiger partial charge in [0, 0.05) is 19.2 Å². The van der Waals surface area contributed by atoms with Crippen LogP contribution >= 0.6 is 0 Å². The van der Waals surface area contributed by atoms with Gasteiger partial charge < -0.3 is 15.0 Å². The highest BCUT2D eigenvalue weighted by atomic mass is 16.5. The van der Waals surface area contributed by atoms with Gasteiger partial charge in [0.2, 0.25) is 0 Å². The summed E-state index contributed by atoms with van der Waals surface area (Å²) >= 11 is 0. The molecule has 2 N–H and O–H groups in total. The van der Waals surface area contributed by atoms with Crippen LogP contribution in [0.25, 0.3) is 11.5 Å². The number of nitrogen functional groups attached to an aromatic ring is 1. The number of anilines is 1. The van der Waals surface area contributed by atoms with E-state index < -0.39 is 0 Å². The predicted octanol–water partition coefficient (Wildman–Crippen LogP) is 1.29. The van der Waals surface area contributed by atoms with E-state index in [1.54, 1.807) is 18.3 Å². The van der Waals surface area contributed by atoms with E-state index in [0.717, 1.165) is 5.56 Å². The maximum atomic E-state index is 5.50. The van der Waals surface area contributed by atoms with Gasteiger partial charge in [0.25, 0.3) is 5.89 Å². The van der Waals surface area contributed by atoms with Crippen molar-refractivity contribution in [3.05, 3.63) is 24.2 Å². The zero-order valence-electron chi connectivity index (χ0n) is 9.59. The number of rotatable bonds is 5. The smallest absolute Gasteiger partial charge is 0.259 e. The number of ether oxygens (including phenoxy) is 1. The lowest BCUT2D eigenvalue weighted by atomic mass is 10.3. The van der Waals surface area contributed by atoms with Gasteiger partial charge in [0.15, 0.2) is 5.82 Å². The first-order valence-electron chi connectivity index (χ1n) is 5.42. The molecular formula is C11H14N4O2. The standard InChI is InChI=1S/C11H14N4O2/c1-2-16-6-5-10-14-11(17-15-10)8-3-4-9(12)13-7-8/h3-4,7H,2,5-6H2,1H3,(H2,12,13). The summed E-state index contributed by atoms with van der Waals surface area (Å²) in [7, 11) is 0. The molecule has 0 radical (unpaired) electrons. The number of pyridine rings is 1. The van der Waals surface area contributed by atoms with Crippen LogP contribution < -0.4 is 5.73 Å². The monoisotopic (exact) mass is 234 g/mol. The lowest BCUT2D eigenvalue weighted by Crippen LogP contribution is -1.99. The van der Waals surface area contributed by atoms with Crippen LogP contribution in [-0.4, -0.2) is 28.3 Å². The van der Waals surface area contributed by atoms with Gasteiger partial charge in [0.1, 0.15) is 5.82 Å². The molecule has 2 rings (SSSR count). The first-order valence-corrected chi connectivity index (χ1v) is 5.42. The highest BCUT2D eigenvalue weighted by molar-refractivity contribution is 5.53. The highest BCUT2D eigenvalue weighted by Crippen LogP contribution is 2.16. The summed E-state index contributed by atoms with van der Waals surface area (Å²) in [6.45, 7) is 3.23. The second kappa shape index (κ2) is 5.40. The Bertz CT molecular complexity index is 467. The molecule has 0 aromatic carbocycles. The van der Waals surface area contributed by atoms with Crippen LogP contribution in [0.1, 0.15) is 12.7 Å². The van der Waals surface area contributed by atoms with E-state index in [-0.39, 0.29) is 0 Å². The van der Waals surface area contributed by atoms with Crippen molar-refractivity contribution in [2.75, 3.05) is 18.9 Å². The lowest BCUT2D eigenvalue weighted by molar-refractivity contribution is 0.149. The van der Waals surface area contributed by atoms with Gasteiger partial charge in [-0.25, -0.2) is 4.98 Å². The Morgan fingerprint density at radius 3 is 3.00 bits per heavy atom. The van der Waals surface area contributed by atoms with Crippen LogP contribution in [0, 0.1) is 0 Å². The second-order valence-electron chi connectivity index (χ2n) is 3.43. The summed E-state index contributed by atoms with van der Waals surface area (Å²) in [5, 5.41) is 3.86. The number of hydrogen-bond acceptors (Lipinski definition) is 6. The van der Waals surface area contributed by atoms with Crippen LogP contribution in [0.4, 0.5) is 5.82 Å². The van der Waals surface area contributed by atoms with Gasteiger partial charge in [-0.15, -0.1) is 0 Å². The van der Waals surface area contributed by atoms with Crippen LogP contribution in [0.2, 0.25) is 0 Å². The van der Waals surface area contributed by atoms with Gasteiger partial charge >= 0.3 is 0 Å². The van der Waals surface area contributed by atoms with Crippen LogP contribution in [0.5, 0.6) is 0 Å². The zero-order chi connectivity index (χ0) is 12.1. The van der Waals surface area contributed by atoms with Gasteiger partial charge in [-0.05, 0) is 19.1 Å². The summed E-state index contributed by atoms with van der Waals surface area (Å²) in [6.07, 6.45) is 2.24. The Labute approximate surface area is 98.8 Å². The molecule has 2 aromatic heterocycles. The Kier molecular flexibility index (Phi) is 3.66. The van der Waals surface area contributed by atoms with E-state index in [4.69, 9.17) is 15.0 Å². The summed E-state index contributed by atoms with van der Waals surface area (Å²) < 4.78 is 10.3. The molecule has 0 saturated carbocycles. The molecule has 90 valence electrons. The van der Waals surface area contributed by atoms with Crippen LogP contribution in [0.15, 0.2) is 22.9 Å². The maximum absolute atomic E-state index is 5.50. The van der Waals surface area contributed by atoms with Crippen molar-refractivity contribution in [3.8, 4) is 11.5 Å². The molecule has 0 unspecified atom stereocenters. The molecule has 6 nitrogen and oxygen atoms in total. The molecule has 0 amide bonds. The third-order valence-corrected chi connectivity index (χ3v) is 2.18. The minimum Gasteiger partial charge on any atom is -0.384 e. The molecule has 0 spiro atoms. The van der Waals surface area contributed by atoms with Crippen molar-refractivity contribution in [3.63, 3.8) is 0 Å². The molecule has 0 bridgehead atoms. The minimum atomic E-state index is 0.448. The quantitative estimate of drug-likeness (QED) is 0.784. The topological polar surface area (TPSA) is 87.1 Å². The molecule has 0 aliphatic carbocycles. The SMILES string of the molecule is CCOCCc1noc(-c2ccc(N)nc2)n1. The average molecular weight is 234 g/mol. The molecule has 2 heterocycles. The van der Waals surface area contributed by atoms with Crippen molar-refractivity contribution in [2.24, 2.45) is 0 Å². The molecular weight excluding hydrogens is 220 g/mol. The van der Waals surface area contributed by atoms with E-state index in [1.807, 2.05) is 6.92 Å². The van der Waals surface area contributed by atoms with Crippen LogP contribution in [0.3, 0.4) is 0 Å². The first kappa shape index (κ1) is 11.5. The highest BCUT2D eigenvalue weighted by Gasteiger charge is 2.08. The zero-order valence-corrected chi connectivity index (χ0v) is 9.59. The fourth-order valence-electron chi connectivity index (χ4n) is 1.31. The number of hydrogen-bond donors (Lipinski definition) is 1. The number of nitrogens with zero attached hydrogens (tertiary/aromatic N) is 3. The summed E-state index contributed by atoms with van der Waals surface area (Å²) in [4.78, 5) is 8.21. The third kappa shape index (κ3) is 3.01. The van der Waals surface area contributed by atoms with Gasteiger partial charge in [-0.2, -0.15) is 4.98 Å². The number of aromatic nitrogens is 3. The predicted molar refractivity (Wildman–Crippen MR) is 62.1 cm³/mol.